The molecule has 2 N–H and O–H groups in total. The lowest BCUT2D eigenvalue weighted by molar-refractivity contribution is 0.214. The van der Waals surface area contributed by atoms with Crippen molar-refractivity contribution < 1.29 is 9.84 Å². The number of nitrogens with one attached hydrogen (secondary N) is 1. The first-order valence-corrected chi connectivity index (χ1v) is 5.33. The van der Waals surface area contributed by atoms with Crippen LogP contribution in [0, 0.1) is 5.92 Å². The van der Waals surface area contributed by atoms with Gasteiger partial charge in [-0.25, -0.2) is 0 Å². The molecule has 1 aromatic carbocycles. The second-order valence-electron chi connectivity index (χ2n) is 3.94. The highest BCUT2D eigenvalue weighted by Gasteiger charge is 2.27. The number of halogens is 1. The van der Waals surface area contributed by atoms with Crippen LogP contribution in [0.2, 0.25) is 0 Å². The SMILES string of the molecule is COc1ccc([C@H]2NCC[C@H]2CO)cc1.Cl. The van der Waals surface area contributed by atoms with E-state index >= 15 is 0 Å². The van der Waals surface area contributed by atoms with Gasteiger partial charge in [0.25, 0.3) is 0 Å². The summed E-state index contributed by atoms with van der Waals surface area (Å²) in [7, 11) is 1.67. The number of methoxy groups -OCH3 is 1. The number of aliphatic hydroxyl groups excluding tert-OH is 1. The predicted molar refractivity (Wildman–Crippen MR) is 66.2 cm³/mol. The van der Waals surface area contributed by atoms with E-state index in [2.05, 4.69) is 17.4 Å². The lowest BCUT2D eigenvalue weighted by Crippen LogP contribution is -2.19. The van der Waals surface area contributed by atoms with Gasteiger partial charge in [0.05, 0.1) is 7.11 Å². The highest BCUT2D eigenvalue weighted by molar-refractivity contribution is 5.85. The first kappa shape index (κ1) is 13.3. The molecule has 90 valence electrons. The molecule has 2 atom stereocenters. The molecule has 0 spiro atoms. The van der Waals surface area contributed by atoms with E-state index in [-0.39, 0.29) is 19.0 Å². The van der Waals surface area contributed by atoms with Gasteiger partial charge in [-0.05, 0) is 30.7 Å². The van der Waals surface area contributed by atoms with Crippen molar-refractivity contribution in [2.45, 2.75) is 12.5 Å². The Labute approximate surface area is 102 Å². The van der Waals surface area contributed by atoms with Crippen LogP contribution >= 0.6 is 12.4 Å². The largest absolute Gasteiger partial charge is 0.497 e. The van der Waals surface area contributed by atoms with Crippen LogP contribution in [0.3, 0.4) is 0 Å². The number of hydrogen-bond donors (Lipinski definition) is 2. The smallest absolute Gasteiger partial charge is 0.118 e. The van der Waals surface area contributed by atoms with Crippen molar-refractivity contribution in [3.8, 4) is 5.75 Å². The number of hydrogen-bond acceptors (Lipinski definition) is 3. The Bertz CT molecular complexity index is 315. The summed E-state index contributed by atoms with van der Waals surface area (Å²) in [6, 6.07) is 8.34. The summed E-state index contributed by atoms with van der Waals surface area (Å²) in [5.74, 6) is 1.22. The monoisotopic (exact) mass is 243 g/mol. The molecule has 0 bridgehead atoms. The van der Waals surface area contributed by atoms with Crippen LogP contribution in [-0.4, -0.2) is 25.4 Å². The molecule has 0 aliphatic carbocycles. The molecule has 1 aromatic rings. The summed E-state index contributed by atoms with van der Waals surface area (Å²) in [6.45, 7) is 1.24. The van der Waals surface area contributed by atoms with Gasteiger partial charge < -0.3 is 15.2 Å². The number of benzene rings is 1. The van der Waals surface area contributed by atoms with Crippen LogP contribution in [0.4, 0.5) is 0 Å². The average molecular weight is 244 g/mol. The zero-order valence-electron chi connectivity index (χ0n) is 9.35. The molecule has 4 heteroatoms. The normalized spacial score (nSPS) is 23.9. The highest BCUT2D eigenvalue weighted by atomic mass is 35.5. The molecule has 0 saturated carbocycles. The minimum Gasteiger partial charge on any atom is -0.497 e. The molecule has 1 fully saturated rings. The van der Waals surface area contributed by atoms with Gasteiger partial charge in [-0.15, -0.1) is 12.4 Å². The molecule has 1 saturated heterocycles. The third kappa shape index (κ3) is 2.67. The van der Waals surface area contributed by atoms with Gasteiger partial charge >= 0.3 is 0 Å². The zero-order valence-corrected chi connectivity index (χ0v) is 10.2. The van der Waals surface area contributed by atoms with Crippen molar-refractivity contribution in [3.05, 3.63) is 29.8 Å². The first-order valence-electron chi connectivity index (χ1n) is 5.33. The Balaban J connectivity index is 0.00000128. The van der Waals surface area contributed by atoms with E-state index in [9.17, 15) is 5.11 Å². The van der Waals surface area contributed by atoms with Crippen molar-refractivity contribution >= 4 is 12.4 Å². The van der Waals surface area contributed by atoms with E-state index in [1.54, 1.807) is 7.11 Å². The average Bonchev–Trinajstić information content (AvgIpc) is 2.77. The molecular weight excluding hydrogens is 226 g/mol. The van der Waals surface area contributed by atoms with E-state index in [4.69, 9.17) is 4.74 Å². The van der Waals surface area contributed by atoms with Gasteiger partial charge in [-0.3, -0.25) is 0 Å². The molecule has 1 heterocycles. The molecule has 1 aliphatic heterocycles. The summed E-state index contributed by atoms with van der Waals surface area (Å²) in [4.78, 5) is 0. The molecule has 16 heavy (non-hydrogen) atoms. The lowest BCUT2D eigenvalue weighted by Gasteiger charge is -2.18. The fourth-order valence-corrected chi connectivity index (χ4v) is 2.16. The molecule has 2 rings (SSSR count). The maximum Gasteiger partial charge on any atom is 0.118 e. The molecule has 1 aliphatic rings. The number of ether oxygens (including phenoxy) is 1. The molecule has 0 amide bonds. The summed E-state index contributed by atoms with van der Waals surface area (Å²) in [5, 5.41) is 12.6. The number of rotatable bonds is 3. The van der Waals surface area contributed by atoms with Crippen LogP contribution in [0.25, 0.3) is 0 Å². The van der Waals surface area contributed by atoms with Gasteiger partial charge in [0, 0.05) is 18.6 Å². The van der Waals surface area contributed by atoms with E-state index in [0.29, 0.717) is 12.0 Å². The third-order valence-corrected chi connectivity index (χ3v) is 3.06. The third-order valence-electron chi connectivity index (χ3n) is 3.06. The summed E-state index contributed by atoms with van der Waals surface area (Å²) >= 11 is 0. The van der Waals surface area contributed by atoms with Gasteiger partial charge in [-0.1, -0.05) is 12.1 Å². The quantitative estimate of drug-likeness (QED) is 0.850. The van der Waals surface area contributed by atoms with Gasteiger partial charge in [0.2, 0.25) is 0 Å². The van der Waals surface area contributed by atoms with Crippen LogP contribution in [0.5, 0.6) is 5.75 Å². The Kier molecular flexibility index (Phi) is 5.06. The summed E-state index contributed by atoms with van der Waals surface area (Å²) in [5.41, 5.74) is 1.23. The van der Waals surface area contributed by atoms with Gasteiger partial charge in [-0.2, -0.15) is 0 Å². The van der Waals surface area contributed by atoms with Crippen LogP contribution in [0.1, 0.15) is 18.0 Å². The molecule has 3 nitrogen and oxygen atoms in total. The van der Waals surface area contributed by atoms with Crippen LogP contribution in [0.15, 0.2) is 24.3 Å². The molecule has 0 unspecified atom stereocenters. The van der Waals surface area contributed by atoms with Gasteiger partial charge in [0.15, 0.2) is 0 Å². The Morgan fingerprint density at radius 1 is 1.38 bits per heavy atom. The Hall–Kier alpha value is -0.770. The summed E-state index contributed by atoms with van der Waals surface area (Å²) in [6.07, 6.45) is 1.05. The zero-order chi connectivity index (χ0) is 10.7. The number of aliphatic hydroxyl groups is 1. The second kappa shape index (κ2) is 6.09. The molecular formula is C12H18ClNO2. The minimum atomic E-state index is 0. The van der Waals surface area contributed by atoms with Crippen molar-refractivity contribution in [2.24, 2.45) is 5.92 Å². The van der Waals surface area contributed by atoms with E-state index < -0.39 is 0 Å². The van der Waals surface area contributed by atoms with Crippen molar-refractivity contribution in [1.82, 2.24) is 5.32 Å². The van der Waals surface area contributed by atoms with Gasteiger partial charge in [0.1, 0.15) is 5.75 Å². The minimum absolute atomic E-state index is 0. The Morgan fingerprint density at radius 3 is 2.62 bits per heavy atom. The second-order valence-corrected chi connectivity index (χ2v) is 3.94. The van der Waals surface area contributed by atoms with Crippen molar-refractivity contribution in [3.63, 3.8) is 0 Å². The topological polar surface area (TPSA) is 41.5 Å². The fraction of sp³-hybridized carbons (Fsp3) is 0.500. The standard InChI is InChI=1S/C12H17NO2.ClH/c1-15-11-4-2-9(3-5-11)12-10(8-14)6-7-13-12;/h2-5,10,12-14H,6-8H2,1H3;1H/t10-,12+;/m0./s1. The predicted octanol–water partition coefficient (Wildman–Crippen LogP) is 1.76. The lowest BCUT2D eigenvalue weighted by atomic mass is 9.95. The van der Waals surface area contributed by atoms with E-state index in [1.807, 2.05) is 12.1 Å². The van der Waals surface area contributed by atoms with Crippen molar-refractivity contribution in [1.29, 1.82) is 0 Å². The summed E-state index contributed by atoms with van der Waals surface area (Å²) < 4.78 is 5.12. The maximum atomic E-state index is 9.23. The molecule has 0 radical (unpaired) electrons. The van der Waals surface area contributed by atoms with Crippen LogP contribution in [-0.2, 0) is 0 Å². The Morgan fingerprint density at radius 2 is 2.06 bits per heavy atom. The maximum absolute atomic E-state index is 9.23. The van der Waals surface area contributed by atoms with E-state index in [1.165, 1.54) is 5.56 Å². The molecule has 0 aromatic heterocycles. The highest BCUT2D eigenvalue weighted by Crippen LogP contribution is 2.29. The fourth-order valence-electron chi connectivity index (χ4n) is 2.16. The van der Waals surface area contributed by atoms with Crippen molar-refractivity contribution in [2.75, 3.05) is 20.3 Å². The van der Waals surface area contributed by atoms with E-state index in [0.717, 1.165) is 18.7 Å². The van der Waals surface area contributed by atoms with Crippen LogP contribution < -0.4 is 10.1 Å². The first-order chi connectivity index (χ1) is 7.35.